The van der Waals surface area contributed by atoms with Gasteiger partial charge in [-0.2, -0.15) is 0 Å². The van der Waals surface area contributed by atoms with Gasteiger partial charge >= 0.3 is 0 Å². The quantitative estimate of drug-likeness (QED) is 0.713. The van der Waals surface area contributed by atoms with E-state index >= 15 is 0 Å². The molecule has 2 heteroatoms. The molecule has 0 spiro atoms. The summed E-state index contributed by atoms with van der Waals surface area (Å²) in [6, 6.07) is 2.36. The van der Waals surface area contributed by atoms with Crippen LogP contribution in [0.5, 0.6) is 0 Å². The highest BCUT2D eigenvalue weighted by Crippen LogP contribution is 2.29. The third-order valence-electron chi connectivity index (χ3n) is 3.44. The predicted molar refractivity (Wildman–Crippen MR) is 79.1 cm³/mol. The van der Waals surface area contributed by atoms with Gasteiger partial charge in [-0.05, 0) is 63.2 Å². The molecule has 0 bridgehead atoms. The van der Waals surface area contributed by atoms with Crippen molar-refractivity contribution in [1.82, 2.24) is 5.32 Å². The molecule has 0 atom stereocenters. The zero-order valence-corrected chi connectivity index (χ0v) is 12.8. The number of hydrogen-bond donors (Lipinski definition) is 1. The lowest BCUT2D eigenvalue weighted by atomic mass is 9.83. The average Bonchev–Trinajstić information content (AvgIpc) is 2.55. The van der Waals surface area contributed by atoms with Crippen molar-refractivity contribution in [3.63, 3.8) is 0 Å². The maximum absolute atomic E-state index is 3.42. The standard InChI is InChI=1S/C15H27NS/c1-6-16-10-9-15(4,5)8-7-14-11-12(2)17-13(14)3/h11,16H,6-10H2,1-5H3. The van der Waals surface area contributed by atoms with Crippen molar-refractivity contribution < 1.29 is 0 Å². The summed E-state index contributed by atoms with van der Waals surface area (Å²) in [5.74, 6) is 0. The Morgan fingerprint density at radius 3 is 2.47 bits per heavy atom. The normalized spacial score (nSPS) is 12.1. The van der Waals surface area contributed by atoms with Gasteiger partial charge in [0.1, 0.15) is 0 Å². The molecule has 0 fully saturated rings. The van der Waals surface area contributed by atoms with Gasteiger partial charge in [0.15, 0.2) is 0 Å². The Morgan fingerprint density at radius 1 is 1.24 bits per heavy atom. The van der Waals surface area contributed by atoms with Crippen LogP contribution >= 0.6 is 11.3 Å². The molecule has 0 aromatic carbocycles. The van der Waals surface area contributed by atoms with Crippen LogP contribution in [0.15, 0.2) is 6.07 Å². The molecule has 0 saturated carbocycles. The maximum Gasteiger partial charge on any atom is 0.00490 e. The topological polar surface area (TPSA) is 12.0 Å². The second-order valence-electron chi connectivity index (χ2n) is 5.71. The highest BCUT2D eigenvalue weighted by atomic mass is 32.1. The van der Waals surface area contributed by atoms with Crippen LogP contribution in [0.1, 0.15) is 48.9 Å². The van der Waals surface area contributed by atoms with Crippen molar-refractivity contribution >= 4 is 11.3 Å². The second-order valence-corrected chi connectivity index (χ2v) is 7.17. The summed E-state index contributed by atoms with van der Waals surface area (Å²) in [6.45, 7) is 13.6. The Morgan fingerprint density at radius 2 is 1.94 bits per heavy atom. The molecule has 17 heavy (non-hydrogen) atoms. The van der Waals surface area contributed by atoms with Crippen LogP contribution in [0, 0.1) is 19.3 Å². The Hall–Kier alpha value is -0.340. The molecule has 0 aliphatic carbocycles. The molecule has 1 rings (SSSR count). The second kappa shape index (κ2) is 6.55. The van der Waals surface area contributed by atoms with Crippen molar-refractivity contribution in [2.24, 2.45) is 5.41 Å². The first-order valence-electron chi connectivity index (χ1n) is 6.71. The average molecular weight is 253 g/mol. The first kappa shape index (κ1) is 14.7. The Kier molecular flexibility index (Phi) is 5.68. The van der Waals surface area contributed by atoms with Gasteiger partial charge in [-0.25, -0.2) is 0 Å². The van der Waals surface area contributed by atoms with E-state index in [2.05, 4.69) is 46.0 Å². The molecule has 0 radical (unpaired) electrons. The number of aryl methyl sites for hydroxylation is 3. The Balaban J connectivity index is 2.40. The van der Waals surface area contributed by atoms with E-state index in [9.17, 15) is 0 Å². The van der Waals surface area contributed by atoms with Crippen LogP contribution in [-0.2, 0) is 6.42 Å². The van der Waals surface area contributed by atoms with E-state index in [0.29, 0.717) is 5.41 Å². The van der Waals surface area contributed by atoms with Gasteiger partial charge < -0.3 is 5.32 Å². The van der Waals surface area contributed by atoms with E-state index < -0.39 is 0 Å². The van der Waals surface area contributed by atoms with E-state index in [0.717, 1.165) is 13.1 Å². The van der Waals surface area contributed by atoms with E-state index in [1.54, 1.807) is 5.56 Å². The zero-order valence-electron chi connectivity index (χ0n) is 12.0. The van der Waals surface area contributed by atoms with E-state index in [4.69, 9.17) is 0 Å². The molecule has 0 aliphatic rings. The minimum absolute atomic E-state index is 0.449. The van der Waals surface area contributed by atoms with Gasteiger partial charge in [0, 0.05) is 9.75 Å². The molecular weight excluding hydrogens is 226 g/mol. The zero-order chi connectivity index (χ0) is 12.9. The third kappa shape index (κ3) is 5.22. The Labute approximate surface area is 111 Å². The van der Waals surface area contributed by atoms with Crippen molar-refractivity contribution in [3.8, 4) is 0 Å². The fourth-order valence-electron chi connectivity index (χ4n) is 2.13. The summed E-state index contributed by atoms with van der Waals surface area (Å²) in [4.78, 5) is 2.95. The van der Waals surface area contributed by atoms with Crippen molar-refractivity contribution in [1.29, 1.82) is 0 Å². The molecule has 0 unspecified atom stereocenters. The summed E-state index contributed by atoms with van der Waals surface area (Å²) in [7, 11) is 0. The summed E-state index contributed by atoms with van der Waals surface area (Å²) < 4.78 is 0. The van der Waals surface area contributed by atoms with Crippen molar-refractivity contribution in [3.05, 3.63) is 21.4 Å². The molecule has 1 nitrogen and oxygen atoms in total. The van der Waals surface area contributed by atoms with Crippen LogP contribution in [0.2, 0.25) is 0 Å². The first-order valence-corrected chi connectivity index (χ1v) is 7.53. The molecule has 0 saturated heterocycles. The lowest BCUT2D eigenvalue weighted by molar-refractivity contribution is 0.303. The van der Waals surface area contributed by atoms with E-state index in [1.165, 1.54) is 29.0 Å². The van der Waals surface area contributed by atoms with E-state index in [-0.39, 0.29) is 0 Å². The van der Waals surface area contributed by atoms with Gasteiger partial charge in [0.25, 0.3) is 0 Å². The van der Waals surface area contributed by atoms with Gasteiger partial charge in [-0.15, -0.1) is 11.3 Å². The minimum atomic E-state index is 0.449. The smallest absolute Gasteiger partial charge is 0.00490 e. The maximum atomic E-state index is 3.42. The predicted octanol–water partition coefficient (Wildman–Crippen LogP) is 4.32. The molecule has 1 heterocycles. The minimum Gasteiger partial charge on any atom is -0.317 e. The highest BCUT2D eigenvalue weighted by molar-refractivity contribution is 7.12. The summed E-state index contributed by atoms with van der Waals surface area (Å²) in [5.41, 5.74) is 2.01. The van der Waals surface area contributed by atoms with Crippen LogP contribution in [0.25, 0.3) is 0 Å². The van der Waals surface area contributed by atoms with Crippen LogP contribution in [0.3, 0.4) is 0 Å². The van der Waals surface area contributed by atoms with Crippen LogP contribution in [-0.4, -0.2) is 13.1 Å². The molecule has 0 amide bonds. The number of rotatable bonds is 7. The number of hydrogen-bond acceptors (Lipinski definition) is 2. The van der Waals surface area contributed by atoms with Gasteiger partial charge in [-0.1, -0.05) is 20.8 Å². The largest absolute Gasteiger partial charge is 0.317 e. The third-order valence-corrected chi connectivity index (χ3v) is 4.45. The SMILES string of the molecule is CCNCCC(C)(C)CCc1cc(C)sc1C. The van der Waals surface area contributed by atoms with Crippen molar-refractivity contribution in [2.45, 2.75) is 53.9 Å². The Bertz CT molecular complexity index is 339. The van der Waals surface area contributed by atoms with Gasteiger partial charge in [0.2, 0.25) is 0 Å². The molecule has 1 N–H and O–H groups in total. The summed E-state index contributed by atoms with van der Waals surface area (Å²) in [6.07, 6.45) is 3.79. The molecule has 0 aliphatic heterocycles. The van der Waals surface area contributed by atoms with Crippen molar-refractivity contribution in [2.75, 3.05) is 13.1 Å². The first-order chi connectivity index (χ1) is 7.94. The van der Waals surface area contributed by atoms with Gasteiger partial charge in [0.05, 0.1) is 0 Å². The number of nitrogens with one attached hydrogen (secondary N) is 1. The van der Waals surface area contributed by atoms with E-state index in [1.807, 2.05) is 11.3 Å². The van der Waals surface area contributed by atoms with Crippen LogP contribution in [0.4, 0.5) is 0 Å². The molecule has 1 aromatic rings. The number of thiophene rings is 1. The van der Waals surface area contributed by atoms with Crippen LogP contribution < -0.4 is 5.32 Å². The summed E-state index contributed by atoms with van der Waals surface area (Å²) in [5, 5.41) is 3.42. The molecular formula is C15H27NS. The highest BCUT2D eigenvalue weighted by Gasteiger charge is 2.17. The molecule has 98 valence electrons. The molecule has 1 aromatic heterocycles. The van der Waals surface area contributed by atoms with Gasteiger partial charge in [-0.3, -0.25) is 0 Å². The lowest BCUT2D eigenvalue weighted by Crippen LogP contribution is -2.22. The monoisotopic (exact) mass is 253 g/mol. The lowest BCUT2D eigenvalue weighted by Gasteiger charge is -2.24. The fraction of sp³-hybridized carbons (Fsp3) is 0.733. The summed E-state index contributed by atoms with van der Waals surface area (Å²) >= 11 is 1.93. The fourth-order valence-corrected chi connectivity index (χ4v) is 3.11.